The van der Waals surface area contributed by atoms with Gasteiger partial charge in [0.25, 0.3) is 5.69 Å². The average molecular weight is 444 g/mol. The van der Waals surface area contributed by atoms with E-state index in [0.717, 1.165) is 29.5 Å². The van der Waals surface area contributed by atoms with Crippen LogP contribution in [-0.2, 0) is 11.3 Å². The van der Waals surface area contributed by atoms with Gasteiger partial charge in [0.05, 0.1) is 35.5 Å². The Kier molecular flexibility index (Phi) is 7.11. The van der Waals surface area contributed by atoms with Crippen LogP contribution in [0.4, 0.5) is 14.5 Å². The minimum absolute atomic E-state index is 0.0134. The van der Waals surface area contributed by atoms with Crippen LogP contribution in [0.3, 0.4) is 0 Å². The number of nitrogens with one attached hydrogen (secondary N) is 1. The number of para-hydroxylation sites is 1. The summed E-state index contributed by atoms with van der Waals surface area (Å²) in [5, 5.41) is 18.2. The molecular weight excluding hydrogens is 426 g/mol. The molecule has 32 heavy (non-hydrogen) atoms. The zero-order valence-electron chi connectivity index (χ0n) is 16.8. The SMILES string of the molecule is COc1cc(/C=C/C(=O)NCc2cnn(-c3ccccc3)c2)c([N+](=O)[O-])cc1OC(F)F. The van der Waals surface area contributed by atoms with Crippen molar-refractivity contribution in [1.29, 1.82) is 0 Å². The number of nitrogens with zero attached hydrogens (tertiary/aromatic N) is 3. The maximum Gasteiger partial charge on any atom is 0.387 e. The van der Waals surface area contributed by atoms with E-state index in [9.17, 15) is 23.7 Å². The van der Waals surface area contributed by atoms with E-state index in [1.807, 2.05) is 30.3 Å². The number of alkyl halides is 2. The van der Waals surface area contributed by atoms with Crippen molar-refractivity contribution in [3.8, 4) is 17.2 Å². The van der Waals surface area contributed by atoms with E-state index in [1.54, 1.807) is 17.1 Å². The fraction of sp³-hybridized carbons (Fsp3) is 0.143. The van der Waals surface area contributed by atoms with Gasteiger partial charge in [-0.05, 0) is 24.3 Å². The summed E-state index contributed by atoms with van der Waals surface area (Å²) in [6.45, 7) is -3.00. The predicted molar refractivity (Wildman–Crippen MR) is 111 cm³/mol. The second kappa shape index (κ2) is 10.2. The minimum atomic E-state index is -3.18. The second-order valence-corrected chi connectivity index (χ2v) is 6.38. The molecule has 166 valence electrons. The first kappa shape index (κ1) is 22.4. The number of nitro groups is 1. The van der Waals surface area contributed by atoms with E-state index >= 15 is 0 Å². The quantitative estimate of drug-likeness (QED) is 0.306. The molecule has 0 saturated carbocycles. The Bertz CT molecular complexity index is 1130. The van der Waals surface area contributed by atoms with Crippen LogP contribution in [0.15, 0.2) is 60.9 Å². The Labute approximate surface area is 181 Å². The maximum absolute atomic E-state index is 12.5. The number of ether oxygens (including phenoxy) is 2. The largest absolute Gasteiger partial charge is 0.493 e. The van der Waals surface area contributed by atoms with E-state index in [2.05, 4.69) is 15.2 Å². The number of carbonyl (C=O) groups excluding carboxylic acids is 1. The Morgan fingerprint density at radius 3 is 2.69 bits per heavy atom. The lowest BCUT2D eigenvalue weighted by molar-refractivity contribution is -0.385. The van der Waals surface area contributed by atoms with Crippen molar-refractivity contribution in [3.05, 3.63) is 82.2 Å². The van der Waals surface area contributed by atoms with Gasteiger partial charge in [0.2, 0.25) is 5.91 Å². The van der Waals surface area contributed by atoms with Crippen LogP contribution in [0.2, 0.25) is 0 Å². The first-order chi connectivity index (χ1) is 15.4. The van der Waals surface area contributed by atoms with Crippen LogP contribution in [0, 0.1) is 10.1 Å². The summed E-state index contributed by atoms with van der Waals surface area (Å²) in [6, 6.07) is 11.4. The average Bonchev–Trinajstić information content (AvgIpc) is 3.25. The molecule has 9 nitrogen and oxygen atoms in total. The fourth-order valence-electron chi connectivity index (χ4n) is 2.79. The zero-order valence-corrected chi connectivity index (χ0v) is 16.8. The second-order valence-electron chi connectivity index (χ2n) is 6.38. The number of hydrogen-bond donors (Lipinski definition) is 1. The molecule has 0 aliphatic rings. The number of benzene rings is 2. The van der Waals surface area contributed by atoms with Crippen LogP contribution < -0.4 is 14.8 Å². The normalized spacial score (nSPS) is 11.0. The van der Waals surface area contributed by atoms with Crippen LogP contribution in [-0.4, -0.2) is 34.3 Å². The Hall–Kier alpha value is -4.28. The molecule has 11 heteroatoms. The molecule has 1 amide bonds. The topological polar surface area (TPSA) is 109 Å². The van der Waals surface area contributed by atoms with E-state index in [-0.39, 0.29) is 17.9 Å². The number of amides is 1. The van der Waals surface area contributed by atoms with Crippen LogP contribution >= 0.6 is 0 Å². The molecule has 0 atom stereocenters. The van der Waals surface area contributed by atoms with Crippen molar-refractivity contribution in [2.75, 3.05) is 7.11 Å². The molecule has 1 aromatic heterocycles. The van der Waals surface area contributed by atoms with Gasteiger partial charge in [-0.1, -0.05) is 18.2 Å². The third-order valence-corrected chi connectivity index (χ3v) is 4.26. The Morgan fingerprint density at radius 2 is 2.03 bits per heavy atom. The molecule has 0 radical (unpaired) electrons. The first-order valence-corrected chi connectivity index (χ1v) is 9.23. The van der Waals surface area contributed by atoms with Crippen molar-refractivity contribution in [1.82, 2.24) is 15.1 Å². The van der Waals surface area contributed by atoms with Crippen molar-refractivity contribution >= 4 is 17.7 Å². The number of hydrogen-bond acceptors (Lipinski definition) is 6. The summed E-state index contributed by atoms with van der Waals surface area (Å²) < 4.78 is 35.9. The lowest BCUT2D eigenvalue weighted by Gasteiger charge is -2.10. The summed E-state index contributed by atoms with van der Waals surface area (Å²) in [5.41, 5.74) is 1.08. The predicted octanol–water partition coefficient (Wildman–Crippen LogP) is 3.72. The number of carbonyl (C=O) groups is 1. The van der Waals surface area contributed by atoms with Crippen LogP contribution in [0.5, 0.6) is 11.5 Å². The molecule has 0 saturated heterocycles. The number of halogens is 2. The molecule has 3 rings (SSSR count). The highest BCUT2D eigenvalue weighted by Gasteiger charge is 2.20. The van der Waals surface area contributed by atoms with Gasteiger partial charge in [-0.15, -0.1) is 0 Å². The highest BCUT2D eigenvalue weighted by Crippen LogP contribution is 2.36. The third-order valence-electron chi connectivity index (χ3n) is 4.26. The van der Waals surface area contributed by atoms with Crippen LogP contribution in [0.1, 0.15) is 11.1 Å². The summed E-state index contributed by atoms with van der Waals surface area (Å²) in [4.78, 5) is 22.7. The monoisotopic (exact) mass is 444 g/mol. The van der Waals surface area contributed by atoms with Crippen molar-refractivity contribution < 1.29 is 28.0 Å². The lowest BCUT2D eigenvalue weighted by atomic mass is 10.1. The molecule has 1 N–H and O–H groups in total. The maximum atomic E-state index is 12.5. The van der Waals surface area contributed by atoms with Gasteiger partial charge in [-0.3, -0.25) is 14.9 Å². The number of rotatable bonds is 9. The minimum Gasteiger partial charge on any atom is -0.493 e. The Morgan fingerprint density at radius 1 is 1.28 bits per heavy atom. The smallest absolute Gasteiger partial charge is 0.387 e. The molecule has 0 aliphatic heterocycles. The van der Waals surface area contributed by atoms with Crippen LogP contribution in [0.25, 0.3) is 11.8 Å². The molecular formula is C21H18F2N4O5. The molecule has 0 aliphatic carbocycles. The number of nitro benzene ring substituents is 1. The van der Waals surface area contributed by atoms with Gasteiger partial charge < -0.3 is 14.8 Å². The van der Waals surface area contributed by atoms with E-state index in [1.165, 1.54) is 13.2 Å². The highest BCUT2D eigenvalue weighted by molar-refractivity contribution is 5.92. The molecule has 0 unspecified atom stereocenters. The standard InChI is InChI=1S/C21H18F2N4O5/c1-31-18-9-15(17(27(29)30)10-19(18)32-21(22)23)7-8-20(28)24-11-14-12-25-26(13-14)16-5-3-2-4-6-16/h2-10,12-13,21H,11H2,1H3,(H,24,28)/b8-7+. The highest BCUT2D eigenvalue weighted by atomic mass is 19.3. The molecule has 0 spiro atoms. The van der Waals surface area contributed by atoms with E-state index in [4.69, 9.17) is 4.74 Å². The molecule has 0 bridgehead atoms. The van der Waals surface area contributed by atoms with Gasteiger partial charge in [-0.25, -0.2) is 4.68 Å². The van der Waals surface area contributed by atoms with Crippen molar-refractivity contribution in [2.24, 2.45) is 0 Å². The van der Waals surface area contributed by atoms with E-state index in [0.29, 0.717) is 0 Å². The summed E-state index contributed by atoms with van der Waals surface area (Å²) in [6.07, 6.45) is 5.65. The zero-order chi connectivity index (χ0) is 23.1. The first-order valence-electron chi connectivity index (χ1n) is 9.23. The number of aromatic nitrogens is 2. The summed E-state index contributed by atoms with van der Waals surface area (Å²) >= 11 is 0. The van der Waals surface area contributed by atoms with Gasteiger partial charge in [0, 0.05) is 24.4 Å². The lowest BCUT2D eigenvalue weighted by Crippen LogP contribution is -2.19. The van der Waals surface area contributed by atoms with Crippen molar-refractivity contribution in [2.45, 2.75) is 13.2 Å². The number of methoxy groups -OCH3 is 1. The summed E-state index contributed by atoms with van der Waals surface area (Å²) in [7, 11) is 1.20. The van der Waals surface area contributed by atoms with Gasteiger partial charge in [0.15, 0.2) is 11.5 Å². The van der Waals surface area contributed by atoms with Gasteiger partial charge in [0.1, 0.15) is 0 Å². The molecule has 1 heterocycles. The molecule has 0 fully saturated rings. The van der Waals surface area contributed by atoms with Gasteiger partial charge >= 0.3 is 6.61 Å². The molecule has 2 aromatic carbocycles. The Balaban J connectivity index is 1.69. The van der Waals surface area contributed by atoms with Crippen molar-refractivity contribution in [3.63, 3.8) is 0 Å². The third kappa shape index (κ3) is 5.65. The summed E-state index contributed by atoms with van der Waals surface area (Å²) in [5.74, 6) is -1.13. The van der Waals surface area contributed by atoms with Gasteiger partial charge in [-0.2, -0.15) is 13.9 Å². The van der Waals surface area contributed by atoms with E-state index < -0.39 is 28.9 Å². The molecule has 3 aromatic rings. The fourth-order valence-corrected chi connectivity index (χ4v) is 2.79.